The lowest BCUT2D eigenvalue weighted by molar-refractivity contribution is -0.384. The molecule has 0 aliphatic carbocycles. The van der Waals surface area contributed by atoms with Gasteiger partial charge in [-0.2, -0.15) is 0 Å². The van der Waals surface area contributed by atoms with Crippen LogP contribution in [-0.4, -0.2) is 9.49 Å². The average Bonchev–Trinajstić information content (AvgIpc) is 2.50. The van der Waals surface area contributed by atoms with Crippen LogP contribution < -0.4 is 5.56 Å². The van der Waals surface area contributed by atoms with E-state index in [4.69, 9.17) is 0 Å². The van der Waals surface area contributed by atoms with Gasteiger partial charge < -0.3 is 0 Å². The van der Waals surface area contributed by atoms with Crippen LogP contribution in [0.2, 0.25) is 0 Å². The first-order chi connectivity index (χ1) is 10.5. The first-order valence-electron chi connectivity index (χ1n) is 6.54. The van der Waals surface area contributed by atoms with Gasteiger partial charge in [0.1, 0.15) is 5.82 Å². The summed E-state index contributed by atoms with van der Waals surface area (Å²) in [5.41, 5.74) is 0.531. The van der Waals surface area contributed by atoms with E-state index in [9.17, 15) is 19.3 Å². The minimum atomic E-state index is -0.509. The molecule has 0 amide bonds. The summed E-state index contributed by atoms with van der Waals surface area (Å²) in [6.45, 7) is 1.64. The predicted octanol–water partition coefficient (Wildman–Crippen LogP) is 3.35. The van der Waals surface area contributed by atoms with Crippen LogP contribution in [0.3, 0.4) is 0 Å². The molecule has 0 saturated heterocycles. The van der Waals surface area contributed by atoms with Gasteiger partial charge in [0.15, 0.2) is 0 Å². The van der Waals surface area contributed by atoms with Crippen LogP contribution in [0, 0.1) is 22.9 Å². The number of rotatable bonds is 2. The van der Waals surface area contributed by atoms with Crippen molar-refractivity contribution >= 4 is 16.5 Å². The number of pyridine rings is 1. The Labute approximate surface area is 124 Å². The Bertz CT molecular complexity index is 946. The van der Waals surface area contributed by atoms with Crippen LogP contribution in [0.25, 0.3) is 16.5 Å². The van der Waals surface area contributed by atoms with Gasteiger partial charge in [0.2, 0.25) is 0 Å². The Balaban J connectivity index is 2.19. The van der Waals surface area contributed by atoms with E-state index in [-0.39, 0.29) is 16.6 Å². The number of benzene rings is 2. The van der Waals surface area contributed by atoms with Crippen molar-refractivity contribution in [2.24, 2.45) is 0 Å². The summed E-state index contributed by atoms with van der Waals surface area (Å²) in [5, 5.41) is 11.6. The summed E-state index contributed by atoms with van der Waals surface area (Å²) in [6.07, 6.45) is 1.57. The van der Waals surface area contributed by atoms with Crippen molar-refractivity contribution in [1.82, 2.24) is 4.57 Å². The second kappa shape index (κ2) is 5.07. The maximum absolute atomic E-state index is 13.7. The number of hydrogen-bond donors (Lipinski definition) is 0. The molecule has 1 heterocycles. The van der Waals surface area contributed by atoms with Gasteiger partial charge in [0.25, 0.3) is 11.2 Å². The van der Waals surface area contributed by atoms with E-state index < -0.39 is 10.7 Å². The molecule has 0 atom stereocenters. The Hall–Kier alpha value is -3.02. The van der Waals surface area contributed by atoms with Gasteiger partial charge in [-0.25, -0.2) is 4.39 Å². The molecule has 0 unspecified atom stereocenters. The van der Waals surface area contributed by atoms with Crippen LogP contribution in [0.5, 0.6) is 0 Å². The fourth-order valence-electron chi connectivity index (χ4n) is 2.32. The molecule has 3 aromatic rings. The molecule has 0 bridgehead atoms. The average molecular weight is 298 g/mol. The number of nitro benzene ring substituents is 1. The normalized spacial score (nSPS) is 10.8. The molecule has 0 fully saturated rings. The molecular formula is C16H11FN2O3. The number of aromatic nitrogens is 1. The molecule has 5 nitrogen and oxygen atoms in total. The summed E-state index contributed by atoms with van der Waals surface area (Å²) in [5.74, 6) is -0.439. The summed E-state index contributed by atoms with van der Waals surface area (Å²) in [6, 6.07) is 10.2. The van der Waals surface area contributed by atoms with E-state index in [2.05, 4.69) is 0 Å². The van der Waals surface area contributed by atoms with Crippen molar-refractivity contribution in [3.8, 4) is 5.69 Å². The number of non-ortho nitro benzene ring substituents is 1. The maximum Gasteiger partial charge on any atom is 0.269 e. The molecule has 2 aromatic carbocycles. The van der Waals surface area contributed by atoms with Crippen LogP contribution >= 0.6 is 0 Å². The van der Waals surface area contributed by atoms with E-state index in [0.29, 0.717) is 16.6 Å². The van der Waals surface area contributed by atoms with Crippen LogP contribution in [0.15, 0.2) is 53.5 Å². The van der Waals surface area contributed by atoms with Crippen molar-refractivity contribution in [2.45, 2.75) is 6.92 Å². The quantitative estimate of drug-likeness (QED) is 0.538. The molecule has 0 radical (unpaired) electrons. The molecule has 6 heteroatoms. The van der Waals surface area contributed by atoms with E-state index >= 15 is 0 Å². The number of hydrogen-bond acceptors (Lipinski definition) is 3. The number of nitrogens with zero attached hydrogens (tertiary/aromatic N) is 2. The van der Waals surface area contributed by atoms with Crippen LogP contribution in [-0.2, 0) is 0 Å². The fraction of sp³-hybridized carbons (Fsp3) is 0.0625. The molecule has 0 spiro atoms. The monoisotopic (exact) mass is 298 g/mol. The highest BCUT2D eigenvalue weighted by Crippen LogP contribution is 2.18. The Morgan fingerprint density at radius 2 is 1.82 bits per heavy atom. The first-order valence-corrected chi connectivity index (χ1v) is 6.54. The Kier molecular flexibility index (Phi) is 3.21. The van der Waals surface area contributed by atoms with Gasteiger partial charge in [-0.3, -0.25) is 19.5 Å². The molecule has 1 aromatic heterocycles. The van der Waals surface area contributed by atoms with Gasteiger partial charge in [-0.05, 0) is 48.2 Å². The van der Waals surface area contributed by atoms with Crippen molar-refractivity contribution in [3.63, 3.8) is 0 Å². The highest BCUT2D eigenvalue weighted by atomic mass is 19.1. The SMILES string of the molecule is Cc1cc2ccn(-c3ccc([N+](=O)[O-])cc3)c(=O)c2cc1F. The molecule has 3 rings (SSSR count). The zero-order chi connectivity index (χ0) is 15.9. The van der Waals surface area contributed by atoms with Crippen molar-refractivity contribution in [3.05, 3.63) is 80.5 Å². The largest absolute Gasteiger partial charge is 0.284 e. The Morgan fingerprint density at radius 3 is 2.45 bits per heavy atom. The molecule has 110 valence electrons. The van der Waals surface area contributed by atoms with E-state index in [1.807, 2.05) is 0 Å². The molecule has 0 saturated carbocycles. The van der Waals surface area contributed by atoms with Crippen molar-refractivity contribution < 1.29 is 9.31 Å². The van der Waals surface area contributed by atoms with Crippen molar-refractivity contribution in [1.29, 1.82) is 0 Å². The lowest BCUT2D eigenvalue weighted by atomic mass is 10.1. The van der Waals surface area contributed by atoms with Gasteiger partial charge in [0.05, 0.1) is 10.3 Å². The summed E-state index contributed by atoms with van der Waals surface area (Å²) in [4.78, 5) is 22.6. The topological polar surface area (TPSA) is 65.1 Å². The van der Waals surface area contributed by atoms with E-state index in [1.165, 1.54) is 34.9 Å². The molecular weight excluding hydrogens is 287 g/mol. The summed E-state index contributed by atoms with van der Waals surface area (Å²) < 4.78 is 15.0. The zero-order valence-electron chi connectivity index (χ0n) is 11.6. The number of halogens is 1. The van der Waals surface area contributed by atoms with Crippen LogP contribution in [0.4, 0.5) is 10.1 Å². The highest BCUT2D eigenvalue weighted by molar-refractivity contribution is 5.82. The second-order valence-corrected chi connectivity index (χ2v) is 4.95. The number of fused-ring (bicyclic) bond motifs is 1. The Morgan fingerprint density at radius 1 is 1.14 bits per heavy atom. The van der Waals surface area contributed by atoms with Crippen molar-refractivity contribution in [2.75, 3.05) is 0 Å². The zero-order valence-corrected chi connectivity index (χ0v) is 11.6. The van der Waals surface area contributed by atoms with E-state index in [0.717, 1.165) is 0 Å². The second-order valence-electron chi connectivity index (χ2n) is 4.95. The molecule has 0 aliphatic rings. The lowest BCUT2D eigenvalue weighted by Gasteiger charge is -2.08. The molecule has 0 aliphatic heterocycles. The minimum absolute atomic E-state index is 0.0562. The smallest absolute Gasteiger partial charge is 0.269 e. The van der Waals surface area contributed by atoms with E-state index in [1.54, 1.807) is 25.3 Å². The predicted molar refractivity (Wildman–Crippen MR) is 80.9 cm³/mol. The first kappa shape index (κ1) is 13.9. The van der Waals surface area contributed by atoms with Gasteiger partial charge in [-0.15, -0.1) is 0 Å². The highest BCUT2D eigenvalue weighted by Gasteiger charge is 2.09. The molecule has 0 N–H and O–H groups in total. The third-order valence-corrected chi connectivity index (χ3v) is 3.52. The summed E-state index contributed by atoms with van der Waals surface area (Å²) >= 11 is 0. The number of nitro groups is 1. The standard InChI is InChI=1S/C16H11FN2O3/c1-10-8-11-6-7-18(16(20)14(11)9-15(10)17)12-2-4-13(5-3-12)19(21)22/h2-9H,1H3. The minimum Gasteiger partial charge on any atom is -0.284 e. The van der Waals surface area contributed by atoms with Gasteiger partial charge in [0, 0.05) is 24.0 Å². The number of aryl methyl sites for hydroxylation is 1. The van der Waals surface area contributed by atoms with Gasteiger partial charge in [-0.1, -0.05) is 0 Å². The lowest BCUT2D eigenvalue weighted by Crippen LogP contribution is -2.17. The third kappa shape index (κ3) is 2.24. The maximum atomic E-state index is 13.7. The summed E-state index contributed by atoms with van der Waals surface area (Å²) in [7, 11) is 0. The van der Waals surface area contributed by atoms with Gasteiger partial charge >= 0.3 is 0 Å². The van der Waals surface area contributed by atoms with Crippen LogP contribution in [0.1, 0.15) is 5.56 Å². The molecule has 22 heavy (non-hydrogen) atoms. The third-order valence-electron chi connectivity index (χ3n) is 3.52. The fourth-order valence-corrected chi connectivity index (χ4v) is 2.32.